The van der Waals surface area contributed by atoms with E-state index in [-0.39, 0.29) is 22.3 Å². The molecule has 5 fully saturated rings. The molecule has 5 saturated carbocycles. The van der Waals surface area contributed by atoms with Gasteiger partial charge in [0, 0.05) is 112 Å². The molecule has 0 saturated heterocycles. The number of halogens is 10. The van der Waals surface area contributed by atoms with E-state index in [0.717, 1.165) is 92.4 Å². The van der Waals surface area contributed by atoms with Gasteiger partial charge < -0.3 is 25.5 Å². The van der Waals surface area contributed by atoms with E-state index in [4.69, 9.17) is 85.1 Å². The van der Waals surface area contributed by atoms with E-state index in [1.54, 1.807) is 59.9 Å². The number of nitrogens with zero attached hydrogens (tertiary/aromatic N) is 6. The maximum absolute atomic E-state index is 11.3. The summed E-state index contributed by atoms with van der Waals surface area (Å²) < 4.78 is 0. The molecule has 0 radical (unpaired) electrons. The third kappa shape index (κ3) is 57.5. The van der Waals surface area contributed by atoms with Gasteiger partial charge in [0.25, 0.3) is 5.69 Å². The van der Waals surface area contributed by atoms with E-state index >= 15 is 0 Å². The van der Waals surface area contributed by atoms with Crippen molar-refractivity contribution in [2.45, 2.75) is 397 Å². The first kappa shape index (κ1) is 135. The molecule has 5 N–H and O–H groups in total. The number of hydrogen-bond acceptors (Lipinski definition) is 12. The van der Waals surface area contributed by atoms with Crippen molar-refractivity contribution in [3.8, 4) is 51.0 Å². The predicted molar refractivity (Wildman–Crippen MR) is 601 cm³/mol. The van der Waals surface area contributed by atoms with Crippen LogP contribution in [0.3, 0.4) is 0 Å². The molecule has 28 heteroatoms. The topological polar surface area (TPSA) is 206 Å². The Balaban J connectivity index is 0.000000441. The first-order chi connectivity index (χ1) is 69.3. The molecule has 0 unspecified atom stereocenters. The summed E-state index contributed by atoms with van der Waals surface area (Å²) >= 11 is -4.13. The number of phenolic OH excluding ortho intramolecular Hbond substituents is 5. The number of nitro groups is 1. The Bertz CT molecular complexity index is 4500. The minimum atomic E-state index is -0.826. The van der Waals surface area contributed by atoms with Crippen molar-refractivity contribution in [3.05, 3.63) is 198 Å². The van der Waals surface area contributed by atoms with Crippen LogP contribution in [0.25, 0.3) is 22.3 Å². The number of nitro benzene ring substituents is 1. The summed E-state index contributed by atoms with van der Waals surface area (Å²) in [7, 11) is 58.0. The van der Waals surface area contributed by atoms with E-state index in [0.29, 0.717) is 52.2 Å². The predicted octanol–water partition coefficient (Wildman–Crippen LogP) is 39.9. The summed E-state index contributed by atoms with van der Waals surface area (Å²) in [5.74, 6) is 4.02. The van der Waals surface area contributed by atoms with Gasteiger partial charge in [0.05, 0.1) is 4.92 Å². The quantitative estimate of drug-likeness (QED) is 0.0428. The van der Waals surface area contributed by atoms with E-state index in [1.807, 2.05) is 43.5 Å². The van der Waals surface area contributed by atoms with Crippen molar-refractivity contribution in [2.24, 2.45) is 25.0 Å². The fourth-order valence-electron chi connectivity index (χ4n) is 20.5. The van der Waals surface area contributed by atoms with Crippen LogP contribution >= 0.6 is 85.1 Å². The second-order valence-corrected chi connectivity index (χ2v) is 56.7. The third-order valence-electron chi connectivity index (χ3n) is 27.8. The van der Waals surface area contributed by atoms with E-state index in [2.05, 4.69) is 111 Å². The molecular weight excluding hydrogens is 2380 g/mol. The molecule has 784 valence electrons. The van der Waals surface area contributed by atoms with Gasteiger partial charge in [-0.05, 0) is 181 Å². The first-order valence-corrected chi connectivity index (χ1v) is 84.4. The molecule has 7 aromatic rings. The Hall–Kier alpha value is -1.39. The second kappa shape index (κ2) is 90.0. The van der Waals surface area contributed by atoms with E-state index in [9.17, 15) is 35.6 Å². The van der Waals surface area contributed by atoms with Gasteiger partial charge in [-0.1, -0.05) is 380 Å². The van der Waals surface area contributed by atoms with Crippen molar-refractivity contribution in [2.75, 3.05) is 35.2 Å². The monoisotopic (exact) mass is 2530 g/mol. The fourth-order valence-corrected chi connectivity index (χ4v) is 20.5. The third-order valence-corrected chi connectivity index (χ3v) is 27.8. The van der Waals surface area contributed by atoms with Gasteiger partial charge in [0.15, 0.2) is 0 Å². The Morgan fingerprint density at radius 2 is 0.507 bits per heavy atom. The molecule has 5 aliphatic carbocycles. The molecule has 12 rings (SSSR count). The zero-order valence-corrected chi connectivity index (χ0v) is 106. The summed E-state index contributed by atoms with van der Waals surface area (Å²) in [4.78, 5) is 31.5. The fraction of sp³-hybridized carbons (Fsp3) is 0.588. The van der Waals surface area contributed by atoms with Crippen molar-refractivity contribution >= 4 is 122 Å². The molecule has 0 bridgehead atoms. The number of non-ortho nitro benzene ring substituents is 1. The van der Waals surface area contributed by atoms with Crippen LogP contribution in [-0.2, 0) is 104 Å². The summed E-state index contributed by atoms with van der Waals surface area (Å²) in [6, 6.07) is 40.9. The Morgan fingerprint density at radius 1 is 0.268 bits per heavy atom. The van der Waals surface area contributed by atoms with Crippen LogP contribution in [0.2, 0.25) is 0 Å². The molecule has 0 spiro atoms. The number of aliphatic imine (C=N–C) groups is 5. The molecule has 0 aliphatic heterocycles. The van der Waals surface area contributed by atoms with Crippen molar-refractivity contribution < 1.29 is 135 Å². The summed E-state index contributed by atoms with van der Waals surface area (Å²) in [6.07, 6.45) is 79.9. The molecule has 7 aromatic carbocycles. The minimum absolute atomic E-state index is 0.0359. The summed E-state index contributed by atoms with van der Waals surface area (Å²) in [5, 5.41) is 65.6. The summed E-state index contributed by atoms with van der Waals surface area (Å²) in [6.45, 7) is 4.16. The van der Waals surface area contributed by atoms with Crippen LogP contribution in [0, 0.1) is 24.0 Å². The molecule has 0 aromatic heterocycles. The average Bonchev–Trinajstić information content (AvgIpc) is 0.802. The Morgan fingerprint density at radius 3 is 0.803 bits per heavy atom. The Kier molecular flexibility index (Phi) is 85.4. The number of benzene rings is 7. The van der Waals surface area contributed by atoms with Crippen molar-refractivity contribution in [3.63, 3.8) is 0 Å². The second-order valence-electron chi connectivity index (χ2n) is 38.0. The van der Waals surface area contributed by atoms with E-state index in [1.165, 1.54) is 356 Å². The van der Waals surface area contributed by atoms with Crippen LogP contribution in [0.4, 0.5) is 5.69 Å². The van der Waals surface area contributed by atoms with Crippen LogP contribution < -0.4 is 0 Å². The van der Waals surface area contributed by atoms with Crippen LogP contribution in [0.1, 0.15) is 449 Å². The van der Waals surface area contributed by atoms with Gasteiger partial charge in [-0.3, -0.25) is 35.1 Å². The zero-order valence-electron chi connectivity index (χ0n) is 86.2. The van der Waals surface area contributed by atoms with Gasteiger partial charge in [0.1, 0.15) is 28.7 Å². The van der Waals surface area contributed by atoms with Crippen molar-refractivity contribution in [1.82, 2.24) is 0 Å². The van der Waals surface area contributed by atoms with Gasteiger partial charge in [-0.2, -0.15) is 0 Å². The molecule has 142 heavy (non-hydrogen) atoms. The normalized spacial score (nSPS) is 17.1. The molecule has 0 amide bonds. The average molecular weight is 2540 g/mol. The first-order valence-electron chi connectivity index (χ1n) is 52.7. The van der Waals surface area contributed by atoms with Crippen LogP contribution in [-0.4, -0.2) is 96.8 Å². The van der Waals surface area contributed by atoms with Gasteiger partial charge in [-0.15, -0.1) is 0 Å². The molecule has 0 heterocycles. The molecule has 13 nitrogen and oxygen atoms in total. The zero-order chi connectivity index (χ0) is 104. The number of aromatic hydroxyl groups is 5. The number of hydrogen-bond donors (Lipinski definition) is 5. The summed E-state index contributed by atoms with van der Waals surface area (Å²) in [5.41, 5.74) is 16.1. The SMILES string of the molecule is CN=Cc1c(-c2ccccc2)ccc(C2CCCCCCCCCCC2)c1O.CN=Cc1c(C)ccc(C2CCCCCCCCCCC2)c1O.CN=Cc1cc(-c2ccccc2)cc(C2CCCCCCCCCCC2)c1O.CN=Cc1cc(C)cc(C2CCCCCCCCCCC2)c1O.CN=Cc1cc([N+](=O)[O-])cc(C2CCCCCCCCCCC2)c1O.[Cl][Zr][Cl].[Cl][Zr][Cl].[Cl][Zr][Cl].[Cl][Zr][Cl].[Cl][Zr][Cl]. The number of phenols is 5. The van der Waals surface area contributed by atoms with Crippen LogP contribution in [0.5, 0.6) is 28.7 Å². The maximum atomic E-state index is 11.3. The number of aryl methyl sites for hydroxylation is 2. The van der Waals surface area contributed by atoms with Crippen LogP contribution in [0.15, 0.2) is 146 Å². The number of rotatable bonds is 13. The van der Waals surface area contributed by atoms with Gasteiger partial charge in [0.2, 0.25) is 0 Å². The standard InChI is InChI=1S/2C26H35NO.2C21H33NO.C20H30N2O3.10ClH.5Zr/c1-27-20-24-18-23(21-14-12-9-13-15-21)19-25(26(24)28)22-16-10-7-5-3-2-4-6-8-11-17-22;1-27-20-25-23(21-14-12-9-13-15-21)18-19-24(26(25)28)22-16-10-7-5-3-2-4-6-8-11-17-22;1-17-14-19(16-22-2)21(23)20(15-17)18-12-10-8-6-4-3-5-7-9-11-13-18;1-17-14-15-19(21(23)20(17)16-22-2)18-12-10-8-6-4-3-5-7-9-11-13-18;1-21-15-17-13-18(22(24)25)14-19(20(17)23)16-11-9-7-5-3-2-4-6-8-10-12-16;;;;;;;;;;;;;;;/h2*9,12-15,18-20,22,28H,2-8,10-11,16-17H2,1H3;2*14-16,18,23H,3-13H2,1-2H3;13-16,23H,2-12H2,1H3;10*1H;;;;;/q;;;;;;;;;;;;;;;5*+2/p-10. The van der Waals surface area contributed by atoms with Gasteiger partial charge in [-0.25, -0.2) is 0 Å². The van der Waals surface area contributed by atoms with E-state index < -0.39 is 104 Å². The van der Waals surface area contributed by atoms with Gasteiger partial charge >= 0.3 is 189 Å². The molecular formula is C114H166Cl10N6O7Zr5. The van der Waals surface area contributed by atoms with Crippen molar-refractivity contribution in [1.29, 1.82) is 0 Å². The molecule has 5 aliphatic rings. The Labute approximate surface area is 950 Å². The molecule has 0 atom stereocenters.